The van der Waals surface area contributed by atoms with E-state index in [1.807, 2.05) is 43.1 Å². The van der Waals surface area contributed by atoms with Crippen molar-refractivity contribution < 1.29 is 9.53 Å². The second-order valence-electron chi connectivity index (χ2n) is 6.53. The van der Waals surface area contributed by atoms with Crippen molar-refractivity contribution in [2.24, 2.45) is 7.05 Å². The number of urea groups is 1. The molecule has 1 atom stereocenters. The van der Waals surface area contributed by atoms with Gasteiger partial charge in [-0.15, -0.1) is 0 Å². The van der Waals surface area contributed by atoms with Crippen LogP contribution in [-0.2, 0) is 7.05 Å². The van der Waals surface area contributed by atoms with E-state index in [-0.39, 0.29) is 18.2 Å². The first kappa shape index (κ1) is 17.3. The summed E-state index contributed by atoms with van der Waals surface area (Å²) in [5.41, 5.74) is 1.22. The molecule has 1 N–H and O–H groups in total. The summed E-state index contributed by atoms with van der Waals surface area (Å²) in [5.74, 6) is 1.63. The minimum Gasteiger partial charge on any atom is -0.490 e. The van der Waals surface area contributed by atoms with E-state index in [4.69, 9.17) is 4.74 Å². The molecule has 2 amide bonds. The topological polar surface area (TPSA) is 72.3 Å². The fourth-order valence-corrected chi connectivity index (χ4v) is 3.02. The molecule has 1 aliphatic rings. The van der Waals surface area contributed by atoms with Gasteiger partial charge in [0.15, 0.2) is 0 Å². The number of aryl methyl sites for hydroxylation is 2. The number of ether oxygens (including phenoxy) is 1. The maximum atomic E-state index is 12.4. The van der Waals surface area contributed by atoms with Crippen molar-refractivity contribution in [3.63, 3.8) is 0 Å². The fourth-order valence-electron chi connectivity index (χ4n) is 3.02. The number of nitrogens with one attached hydrogen (secondary N) is 1. The molecule has 25 heavy (non-hydrogen) atoms. The number of rotatable bonds is 4. The van der Waals surface area contributed by atoms with E-state index >= 15 is 0 Å². The summed E-state index contributed by atoms with van der Waals surface area (Å²) < 4.78 is 7.69. The van der Waals surface area contributed by atoms with Crippen LogP contribution in [0.25, 0.3) is 0 Å². The van der Waals surface area contributed by atoms with Crippen LogP contribution in [0.15, 0.2) is 30.6 Å². The Kier molecular flexibility index (Phi) is 5.21. The first-order chi connectivity index (χ1) is 12.0. The number of amides is 2. The zero-order valence-corrected chi connectivity index (χ0v) is 15.0. The van der Waals surface area contributed by atoms with Crippen LogP contribution in [-0.4, -0.2) is 44.9 Å². The van der Waals surface area contributed by atoms with Crippen molar-refractivity contribution in [1.29, 1.82) is 0 Å². The Bertz CT molecular complexity index is 705. The number of hydrogen-bond donors (Lipinski definition) is 1. The van der Waals surface area contributed by atoms with Crippen LogP contribution in [0.4, 0.5) is 4.79 Å². The highest BCUT2D eigenvalue weighted by molar-refractivity contribution is 5.74. The molecular weight excluding hydrogens is 318 g/mol. The summed E-state index contributed by atoms with van der Waals surface area (Å²) in [4.78, 5) is 18.4. The predicted molar refractivity (Wildman–Crippen MR) is 94.4 cm³/mol. The minimum atomic E-state index is -0.179. The van der Waals surface area contributed by atoms with Gasteiger partial charge in [-0.05, 0) is 26.0 Å². The molecule has 1 aliphatic heterocycles. The Morgan fingerprint density at radius 2 is 1.96 bits per heavy atom. The zero-order valence-electron chi connectivity index (χ0n) is 15.0. The molecular formula is C18H25N5O2. The van der Waals surface area contributed by atoms with Crippen molar-refractivity contribution in [3.8, 4) is 5.75 Å². The van der Waals surface area contributed by atoms with Gasteiger partial charge < -0.3 is 15.0 Å². The zero-order chi connectivity index (χ0) is 17.8. The number of nitrogens with zero attached hydrogens (tertiary/aromatic N) is 4. The lowest BCUT2D eigenvalue weighted by Crippen LogP contribution is -2.47. The number of hydrogen-bond acceptors (Lipinski definition) is 4. The summed E-state index contributed by atoms with van der Waals surface area (Å²) in [6, 6.07) is 7.84. The van der Waals surface area contributed by atoms with Crippen molar-refractivity contribution >= 4 is 6.03 Å². The summed E-state index contributed by atoms with van der Waals surface area (Å²) in [5, 5.41) is 7.02. The molecule has 134 valence electrons. The fraction of sp³-hybridized carbons (Fsp3) is 0.500. The SMILES string of the molecule is Cc1ccc(OC2CCN(C(=O)NC(C)c3ncnn3C)CC2)cc1. The Morgan fingerprint density at radius 3 is 2.56 bits per heavy atom. The Hall–Kier alpha value is -2.57. The normalized spacial score (nSPS) is 16.5. The van der Waals surface area contributed by atoms with Crippen LogP contribution in [0, 0.1) is 6.92 Å². The molecule has 7 nitrogen and oxygen atoms in total. The van der Waals surface area contributed by atoms with Gasteiger partial charge in [0.05, 0.1) is 6.04 Å². The third-order valence-electron chi connectivity index (χ3n) is 4.53. The number of piperidine rings is 1. The maximum absolute atomic E-state index is 12.4. The van der Waals surface area contributed by atoms with Gasteiger partial charge in [-0.25, -0.2) is 9.78 Å². The molecule has 7 heteroatoms. The van der Waals surface area contributed by atoms with Crippen molar-refractivity contribution in [2.75, 3.05) is 13.1 Å². The molecule has 1 aromatic heterocycles. The Balaban J connectivity index is 1.47. The molecule has 0 spiro atoms. The highest BCUT2D eigenvalue weighted by Crippen LogP contribution is 2.20. The van der Waals surface area contributed by atoms with E-state index in [9.17, 15) is 4.79 Å². The number of carbonyl (C=O) groups excluding carboxylic acids is 1. The lowest BCUT2D eigenvalue weighted by molar-refractivity contribution is 0.110. The number of likely N-dealkylation sites (tertiary alicyclic amines) is 1. The van der Waals surface area contributed by atoms with E-state index in [1.54, 1.807) is 4.68 Å². The smallest absolute Gasteiger partial charge is 0.317 e. The molecule has 1 aromatic carbocycles. The van der Waals surface area contributed by atoms with E-state index in [2.05, 4.69) is 22.3 Å². The highest BCUT2D eigenvalue weighted by Gasteiger charge is 2.25. The lowest BCUT2D eigenvalue weighted by atomic mass is 10.1. The van der Waals surface area contributed by atoms with E-state index in [0.29, 0.717) is 13.1 Å². The molecule has 1 saturated heterocycles. The average Bonchev–Trinajstić information content (AvgIpc) is 3.04. The van der Waals surface area contributed by atoms with Gasteiger partial charge in [0.2, 0.25) is 0 Å². The van der Waals surface area contributed by atoms with Gasteiger partial charge in [0, 0.05) is 33.0 Å². The van der Waals surface area contributed by atoms with Crippen LogP contribution in [0.3, 0.4) is 0 Å². The Labute approximate surface area is 148 Å². The van der Waals surface area contributed by atoms with Crippen LogP contribution < -0.4 is 10.1 Å². The highest BCUT2D eigenvalue weighted by atomic mass is 16.5. The first-order valence-corrected chi connectivity index (χ1v) is 8.65. The monoisotopic (exact) mass is 343 g/mol. The maximum Gasteiger partial charge on any atom is 0.317 e. The van der Waals surface area contributed by atoms with Gasteiger partial charge in [-0.1, -0.05) is 17.7 Å². The molecule has 3 rings (SSSR count). The van der Waals surface area contributed by atoms with Crippen LogP contribution >= 0.6 is 0 Å². The number of aromatic nitrogens is 3. The van der Waals surface area contributed by atoms with Gasteiger partial charge in [-0.2, -0.15) is 5.10 Å². The van der Waals surface area contributed by atoms with Gasteiger partial charge in [-0.3, -0.25) is 4.68 Å². The third-order valence-corrected chi connectivity index (χ3v) is 4.53. The van der Waals surface area contributed by atoms with Crippen LogP contribution in [0.1, 0.15) is 37.2 Å². The number of benzene rings is 1. The van der Waals surface area contributed by atoms with Crippen molar-refractivity contribution in [2.45, 2.75) is 38.8 Å². The van der Waals surface area contributed by atoms with Crippen LogP contribution in [0.5, 0.6) is 5.75 Å². The molecule has 1 fully saturated rings. The van der Waals surface area contributed by atoms with Crippen molar-refractivity contribution in [3.05, 3.63) is 42.0 Å². The number of carbonyl (C=O) groups is 1. The predicted octanol–water partition coefficient (Wildman–Crippen LogP) is 2.44. The quantitative estimate of drug-likeness (QED) is 0.925. The average molecular weight is 343 g/mol. The molecule has 0 saturated carbocycles. The minimum absolute atomic E-state index is 0.0655. The standard InChI is InChI=1S/C18H25N5O2/c1-13-4-6-15(7-5-13)25-16-8-10-23(11-9-16)18(24)21-14(2)17-19-12-20-22(17)3/h4-7,12,14,16H,8-11H2,1-3H3,(H,21,24). The molecule has 1 unspecified atom stereocenters. The van der Waals surface area contributed by atoms with Gasteiger partial charge >= 0.3 is 6.03 Å². The summed E-state index contributed by atoms with van der Waals surface area (Å²) >= 11 is 0. The lowest BCUT2D eigenvalue weighted by Gasteiger charge is -2.32. The molecule has 0 bridgehead atoms. The Morgan fingerprint density at radius 1 is 1.28 bits per heavy atom. The van der Waals surface area contributed by atoms with Crippen molar-refractivity contribution in [1.82, 2.24) is 25.0 Å². The molecule has 2 aromatic rings. The second-order valence-corrected chi connectivity index (χ2v) is 6.53. The van der Waals surface area contributed by atoms with Gasteiger partial charge in [0.25, 0.3) is 0 Å². The molecule has 2 heterocycles. The second kappa shape index (κ2) is 7.55. The summed E-state index contributed by atoms with van der Waals surface area (Å²) in [6.45, 7) is 5.35. The van der Waals surface area contributed by atoms with E-state index in [0.717, 1.165) is 24.4 Å². The summed E-state index contributed by atoms with van der Waals surface area (Å²) in [7, 11) is 1.82. The van der Waals surface area contributed by atoms with E-state index in [1.165, 1.54) is 11.9 Å². The third kappa shape index (κ3) is 4.29. The first-order valence-electron chi connectivity index (χ1n) is 8.65. The van der Waals surface area contributed by atoms with Gasteiger partial charge in [0.1, 0.15) is 24.0 Å². The van der Waals surface area contributed by atoms with Crippen LogP contribution in [0.2, 0.25) is 0 Å². The molecule has 0 radical (unpaired) electrons. The van der Waals surface area contributed by atoms with E-state index < -0.39 is 0 Å². The molecule has 0 aliphatic carbocycles. The largest absolute Gasteiger partial charge is 0.490 e. The summed E-state index contributed by atoms with van der Waals surface area (Å²) in [6.07, 6.45) is 3.31.